The Morgan fingerprint density at radius 2 is 1.77 bits per heavy atom. The van der Waals surface area contributed by atoms with E-state index in [1.807, 2.05) is 0 Å². The molecule has 0 unspecified atom stereocenters. The number of hydrogen-bond acceptors (Lipinski definition) is 5. The molecule has 5 N–H and O–H groups in total. The molecule has 0 spiro atoms. The molecule has 0 radical (unpaired) electrons. The maximum absolute atomic E-state index is 14.4. The van der Waals surface area contributed by atoms with E-state index in [0.29, 0.717) is 43.0 Å². The Morgan fingerprint density at radius 1 is 1.10 bits per heavy atom. The van der Waals surface area contributed by atoms with E-state index >= 15 is 0 Å². The number of alkyl halides is 3. The Balaban J connectivity index is 1.46. The molecule has 1 saturated carbocycles. The lowest BCUT2D eigenvalue weighted by atomic mass is 9.73. The van der Waals surface area contributed by atoms with Gasteiger partial charge in [-0.1, -0.05) is 12.1 Å². The Labute approximate surface area is 229 Å². The number of carbonyl (C=O) groups excluding carboxylic acids is 3. The van der Waals surface area contributed by atoms with Crippen molar-refractivity contribution in [2.24, 2.45) is 5.92 Å². The first-order valence-corrected chi connectivity index (χ1v) is 12.8. The average molecular weight is 565 g/mol. The standard InChI is InChI=1S/C28H32F4N4O4/c1-16(36-24(37)15-35-25(38)18-4-3-5-20(13-18)28(30,31)32)12-23(33)17-8-10-27(40,11-9-17)19-6-7-21(22(29)14-19)26(39)34-2/h3-7,13-14,16-17,33,40H,8-12,15H2,1-2H3,(H,34,39)(H,35,38)(H,36,37)/t16-,17?,27?/m1/s1. The van der Waals surface area contributed by atoms with E-state index in [-0.39, 0.29) is 23.5 Å². The zero-order valence-corrected chi connectivity index (χ0v) is 22.1. The summed E-state index contributed by atoms with van der Waals surface area (Å²) >= 11 is 0. The van der Waals surface area contributed by atoms with Crippen LogP contribution in [0.5, 0.6) is 0 Å². The number of benzene rings is 2. The highest BCUT2D eigenvalue weighted by molar-refractivity contribution is 5.96. The van der Waals surface area contributed by atoms with Gasteiger partial charge in [-0.25, -0.2) is 4.39 Å². The Morgan fingerprint density at radius 3 is 2.38 bits per heavy atom. The van der Waals surface area contributed by atoms with E-state index in [9.17, 15) is 37.1 Å². The maximum atomic E-state index is 14.4. The molecule has 0 aliphatic heterocycles. The molecule has 3 rings (SSSR count). The molecule has 3 amide bonds. The van der Waals surface area contributed by atoms with Gasteiger partial charge in [0, 0.05) is 30.8 Å². The van der Waals surface area contributed by atoms with Crippen molar-refractivity contribution in [3.8, 4) is 0 Å². The van der Waals surface area contributed by atoms with Gasteiger partial charge in [0.25, 0.3) is 11.8 Å². The van der Waals surface area contributed by atoms with Crippen molar-refractivity contribution in [1.29, 1.82) is 5.41 Å². The van der Waals surface area contributed by atoms with Crippen LogP contribution >= 0.6 is 0 Å². The highest BCUT2D eigenvalue weighted by Crippen LogP contribution is 2.40. The molecular weight excluding hydrogens is 532 g/mol. The van der Waals surface area contributed by atoms with Crippen molar-refractivity contribution in [2.45, 2.75) is 56.8 Å². The third-order valence-corrected chi connectivity index (χ3v) is 7.08. The molecule has 2 aromatic carbocycles. The number of nitrogens with one attached hydrogen (secondary N) is 4. The van der Waals surface area contributed by atoms with Crippen molar-refractivity contribution in [1.82, 2.24) is 16.0 Å². The highest BCUT2D eigenvalue weighted by Gasteiger charge is 2.37. The molecule has 2 aromatic rings. The number of rotatable bonds is 9. The summed E-state index contributed by atoms with van der Waals surface area (Å²) in [5.74, 6) is -2.81. The molecule has 40 heavy (non-hydrogen) atoms. The predicted octanol–water partition coefficient (Wildman–Crippen LogP) is 3.93. The summed E-state index contributed by atoms with van der Waals surface area (Å²) in [4.78, 5) is 36.2. The summed E-state index contributed by atoms with van der Waals surface area (Å²) in [6, 6.07) is 7.46. The molecular formula is C28H32F4N4O4. The van der Waals surface area contributed by atoms with E-state index in [1.54, 1.807) is 6.92 Å². The summed E-state index contributed by atoms with van der Waals surface area (Å²) in [6.45, 7) is 1.25. The third kappa shape index (κ3) is 7.65. The monoisotopic (exact) mass is 564 g/mol. The fourth-order valence-corrected chi connectivity index (χ4v) is 4.83. The molecule has 12 heteroatoms. The van der Waals surface area contributed by atoms with Gasteiger partial charge in [0.15, 0.2) is 0 Å². The van der Waals surface area contributed by atoms with Crippen LogP contribution in [0.15, 0.2) is 42.5 Å². The number of aliphatic hydroxyl groups is 1. The lowest BCUT2D eigenvalue weighted by molar-refractivity contribution is -0.137. The molecule has 216 valence electrons. The molecule has 0 saturated heterocycles. The zero-order chi connectivity index (χ0) is 29.7. The van der Waals surface area contributed by atoms with Crippen molar-refractivity contribution in [3.05, 3.63) is 70.5 Å². The minimum absolute atomic E-state index is 0.114. The van der Waals surface area contributed by atoms with Gasteiger partial charge in [-0.15, -0.1) is 0 Å². The van der Waals surface area contributed by atoms with Crippen LogP contribution < -0.4 is 16.0 Å². The first-order valence-electron chi connectivity index (χ1n) is 12.8. The first-order chi connectivity index (χ1) is 18.7. The zero-order valence-electron chi connectivity index (χ0n) is 22.1. The number of amides is 3. The second-order valence-corrected chi connectivity index (χ2v) is 10.0. The smallest absolute Gasteiger partial charge is 0.385 e. The molecule has 0 aromatic heterocycles. The molecule has 1 fully saturated rings. The predicted molar refractivity (Wildman–Crippen MR) is 139 cm³/mol. The molecule has 0 heterocycles. The average Bonchev–Trinajstić information content (AvgIpc) is 2.91. The van der Waals surface area contributed by atoms with Crippen molar-refractivity contribution in [3.63, 3.8) is 0 Å². The van der Waals surface area contributed by atoms with E-state index in [0.717, 1.165) is 12.1 Å². The van der Waals surface area contributed by atoms with Gasteiger partial charge in [-0.3, -0.25) is 14.4 Å². The van der Waals surface area contributed by atoms with Gasteiger partial charge < -0.3 is 26.5 Å². The number of hydrogen-bond donors (Lipinski definition) is 5. The summed E-state index contributed by atoms with van der Waals surface area (Å²) in [6.07, 6.45) is -2.83. The fraction of sp³-hybridized carbons (Fsp3) is 0.429. The Kier molecular flexibility index (Phi) is 9.67. The third-order valence-electron chi connectivity index (χ3n) is 7.08. The minimum Gasteiger partial charge on any atom is -0.385 e. The van der Waals surface area contributed by atoms with Crippen LogP contribution in [0.4, 0.5) is 17.6 Å². The van der Waals surface area contributed by atoms with E-state index < -0.39 is 53.5 Å². The minimum atomic E-state index is -4.60. The first kappa shape index (κ1) is 30.7. The molecule has 1 atom stereocenters. The Hall–Kier alpha value is -3.80. The largest absolute Gasteiger partial charge is 0.416 e. The van der Waals surface area contributed by atoms with Crippen LogP contribution in [0.1, 0.15) is 70.9 Å². The molecule has 1 aliphatic carbocycles. The van der Waals surface area contributed by atoms with Crippen molar-refractivity contribution < 1.29 is 37.1 Å². The van der Waals surface area contributed by atoms with E-state index in [2.05, 4.69) is 16.0 Å². The second-order valence-electron chi connectivity index (χ2n) is 10.0. The van der Waals surface area contributed by atoms with Crippen molar-refractivity contribution in [2.75, 3.05) is 13.6 Å². The van der Waals surface area contributed by atoms with Gasteiger partial charge >= 0.3 is 6.18 Å². The molecule has 8 nitrogen and oxygen atoms in total. The van der Waals surface area contributed by atoms with E-state index in [1.165, 1.54) is 31.3 Å². The van der Waals surface area contributed by atoms with Crippen molar-refractivity contribution >= 4 is 23.4 Å². The Bertz CT molecular complexity index is 1270. The van der Waals surface area contributed by atoms with Gasteiger partial charge in [0.05, 0.1) is 23.3 Å². The van der Waals surface area contributed by atoms with Crippen LogP contribution in [-0.4, -0.2) is 48.2 Å². The van der Waals surface area contributed by atoms with Gasteiger partial charge in [-0.05, 0) is 74.4 Å². The van der Waals surface area contributed by atoms with Crippen LogP contribution in [0.25, 0.3) is 0 Å². The number of halogens is 4. The quantitative estimate of drug-likeness (QED) is 0.233. The number of carbonyl (C=O) groups is 3. The lowest BCUT2D eigenvalue weighted by Gasteiger charge is -2.37. The topological polar surface area (TPSA) is 131 Å². The van der Waals surface area contributed by atoms with Gasteiger partial charge in [0.2, 0.25) is 5.91 Å². The van der Waals surface area contributed by atoms with Gasteiger partial charge in [-0.2, -0.15) is 13.2 Å². The second kappa shape index (κ2) is 12.6. The van der Waals surface area contributed by atoms with E-state index in [4.69, 9.17) is 5.41 Å². The molecule has 1 aliphatic rings. The normalized spacial score (nSPS) is 19.8. The summed E-state index contributed by atoms with van der Waals surface area (Å²) in [5.41, 5.74) is -1.84. The maximum Gasteiger partial charge on any atom is 0.416 e. The SMILES string of the molecule is CNC(=O)c1ccc(C2(O)CCC(C(=N)C[C@@H](C)NC(=O)CNC(=O)c3cccc(C(F)(F)F)c3)CC2)cc1F. The highest BCUT2D eigenvalue weighted by atomic mass is 19.4. The lowest BCUT2D eigenvalue weighted by Crippen LogP contribution is -2.42. The fourth-order valence-electron chi connectivity index (χ4n) is 4.83. The van der Waals surface area contributed by atoms with Crippen LogP contribution in [0.3, 0.4) is 0 Å². The summed E-state index contributed by atoms with van der Waals surface area (Å²) in [5, 5.41) is 26.9. The molecule has 0 bridgehead atoms. The van der Waals surface area contributed by atoms with Crippen LogP contribution in [-0.2, 0) is 16.6 Å². The summed E-state index contributed by atoms with van der Waals surface area (Å²) in [7, 11) is 1.40. The van der Waals surface area contributed by atoms with Crippen LogP contribution in [0.2, 0.25) is 0 Å². The summed E-state index contributed by atoms with van der Waals surface area (Å²) < 4.78 is 53.0. The van der Waals surface area contributed by atoms with Crippen LogP contribution in [0, 0.1) is 17.1 Å². The van der Waals surface area contributed by atoms with Gasteiger partial charge in [0.1, 0.15) is 5.82 Å².